The van der Waals surface area contributed by atoms with Crippen molar-refractivity contribution in [2.24, 2.45) is 0 Å². The maximum absolute atomic E-state index is 12.4. The predicted octanol–water partition coefficient (Wildman–Crippen LogP) is 3.57. The highest BCUT2D eigenvalue weighted by Crippen LogP contribution is 2.29. The number of likely N-dealkylation sites (tertiary alicyclic amines) is 1. The maximum atomic E-state index is 12.4. The van der Waals surface area contributed by atoms with Gasteiger partial charge in [-0.3, -0.25) is 4.79 Å². The average Bonchev–Trinajstić information content (AvgIpc) is 3.29. The molecule has 1 aromatic heterocycles. The molecule has 27 heavy (non-hydrogen) atoms. The van der Waals surface area contributed by atoms with Crippen LogP contribution in [0.2, 0.25) is 0 Å². The van der Waals surface area contributed by atoms with Gasteiger partial charge in [0.25, 0.3) is 5.89 Å². The summed E-state index contributed by atoms with van der Waals surface area (Å²) >= 11 is 0. The van der Waals surface area contributed by atoms with Gasteiger partial charge in [-0.1, -0.05) is 35.0 Å². The SMILES string of the molecule is COc1ccc(-c2nc(C3CC(=O)N(Cc4cccc(C)c4)C3)no2)cc1. The number of hydrogen-bond donors (Lipinski definition) is 0. The number of aromatic nitrogens is 2. The first-order valence-electron chi connectivity index (χ1n) is 8.94. The minimum absolute atomic E-state index is 0.0435. The molecule has 1 aliphatic rings. The molecule has 0 N–H and O–H groups in total. The number of aryl methyl sites for hydroxylation is 1. The highest BCUT2D eigenvalue weighted by Gasteiger charge is 2.33. The third-order valence-electron chi connectivity index (χ3n) is 4.81. The number of rotatable bonds is 5. The first-order chi connectivity index (χ1) is 13.1. The van der Waals surface area contributed by atoms with E-state index in [0.29, 0.717) is 31.2 Å². The first kappa shape index (κ1) is 17.3. The molecule has 0 aliphatic carbocycles. The van der Waals surface area contributed by atoms with Gasteiger partial charge in [0.15, 0.2) is 5.82 Å². The molecule has 6 nitrogen and oxygen atoms in total. The Morgan fingerprint density at radius 3 is 2.78 bits per heavy atom. The molecule has 1 atom stereocenters. The van der Waals surface area contributed by atoms with E-state index >= 15 is 0 Å². The molecular formula is C21H21N3O3. The largest absolute Gasteiger partial charge is 0.497 e. The predicted molar refractivity (Wildman–Crippen MR) is 100 cm³/mol. The zero-order chi connectivity index (χ0) is 18.8. The molecule has 1 amide bonds. The quantitative estimate of drug-likeness (QED) is 0.693. The number of hydrogen-bond acceptors (Lipinski definition) is 5. The minimum Gasteiger partial charge on any atom is -0.497 e. The lowest BCUT2D eigenvalue weighted by Gasteiger charge is -2.16. The van der Waals surface area contributed by atoms with Gasteiger partial charge in [0.1, 0.15) is 5.75 Å². The maximum Gasteiger partial charge on any atom is 0.257 e. The first-order valence-corrected chi connectivity index (χ1v) is 8.94. The van der Waals surface area contributed by atoms with Crippen LogP contribution in [0.5, 0.6) is 5.75 Å². The Hall–Kier alpha value is -3.15. The Morgan fingerprint density at radius 1 is 1.22 bits per heavy atom. The van der Waals surface area contributed by atoms with Gasteiger partial charge in [-0.2, -0.15) is 4.98 Å². The molecule has 1 aliphatic heterocycles. The van der Waals surface area contributed by atoms with Gasteiger partial charge in [0.2, 0.25) is 5.91 Å². The summed E-state index contributed by atoms with van der Waals surface area (Å²) in [6, 6.07) is 15.7. The summed E-state index contributed by atoms with van der Waals surface area (Å²) in [5, 5.41) is 4.11. The molecule has 1 saturated heterocycles. The summed E-state index contributed by atoms with van der Waals surface area (Å²) in [6.45, 7) is 3.27. The summed E-state index contributed by atoms with van der Waals surface area (Å²) in [4.78, 5) is 18.8. The van der Waals surface area contributed by atoms with Crippen molar-refractivity contribution in [1.29, 1.82) is 0 Å². The van der Waals surface area contributed by atoms with Gasteiger partial charge in [-0.05, 0) is 36.8 Å². The van der Waals surface area contributed by atoms with E-state index in [-0.39, 0.29) is 11.8 Å². The summed E-state index contributed by atoms with van der Waals surface area (Å²) in [6.07, 6.45) is 0.410. The average molecular weight is 363 g/mol. The monoisotopic (exact) mass is 363 g/mol. The van der Waals surface area contributed by atoms with E-state index in [0.717, 1.165) is 16.9 Å². The number of benzene rings is 2. The fourth-order valence-corrected chi connectivity index (χ4v) is 3.38. The van der Waals surface area contributed by atoms with E-state index in [9.17, 15) is 4.79 Å². The van der Waals surface area contributed by atoms with E-state index in [4.69, 9.17) is 9.26 Å². The fraction of sp³-hybridized carbons (Fsp3) is 0.286. The second kappa shape index (κ2) is 7.23. The van der Waals surface area contributed by atoms with Crippen molar-refractivity contribution in [1.82, 2.24) is 15.0 Å². The van der Waals surface area contributed by atoms with Crippen molar-refractivity contribution in [2.75, 3.05) is 13.7 Å². The van der Waals surface area contributed by atoms with E-state index in [1.165, 1.54) is 5.56 Å². The normalized spacial score (nSPS) is 16.7. The Balaban J connectivity index is 1.46. The third kappa shape index (κ3) is 3.69. The molecule has 0 saturated carbocycles. The van der Waals surface area contributed by atoms with Crippen LogP contribution in [-0.2, 0) is 11.3 Å². The van der Waals surface area contributed by atoms with Gasteiger partial charge in [0.05, 0.1) is 7.11 Å². The fourth-order valence-electron chi connectivity index (χ4n) is 3.38. The second-order valence-corrected chi connectivity index (χ2v) is 6.85. The number of ether oxygens (including phenoxy) is 1. The summed E-state index contributed by atoms with van der Waals surface area (Å²) < 4.78 is 10.6. The lowest BCUT2D eigenvalue weighted by molar-refractivity contribution is -0.128. The van der Waals surface area contributed by atoms with Crippen molar-refractivity contribution >= 4 is 5.91 Å². The van der Waals surface area contributed by atoms with Crippen LogP contribution in [0.1, 0.15) is 29.3 Å². The Kier molecular flexibility index (Phi) is 4.62. The van der Waals surface area contributed by atoms with Crippen LogP contribution in [0.25, 0.3) is 11.5 Å². The molecule has 0 radical (unpaired) electrons. The Bertz CT molecular complexity index is 949. The molecule has 138 valence electrons. The van der Waals surface area contributed by atoms with E-state index in [1.54, 1.807) is 7.11 Å². The molecule has 1 unspecified atom stereocenters. The van der Waals surface area contributed by atoms with Crippen molar-refractivity contribution in [3.8, 4) is 17.2 Å². The zero-order valence-electron chi connectivity index (χ0n) is 15.4. The molecule has 3 aromatic rings. The molecule has 2 heterocycles. The highest BCUT2D eigenvalue weighted by atomic mass is 16.5. The smallest absolute Gasteiger partial charge is 0.257 e. The zero-order valence-corrected chi connectivity index (χ0v) is 15.4. The molecular weight excluding hydrogens is 342 g/mol. The minimum atomic E-state index is -0.0435. The summed E-state index contributed by atoms with van der Waals surface area (Å²) in [7, 11) is 1.62. The highest BCUT2D eigenvalue weighted by molar-refractivity contribution is 5.79. The molecule has 1 fully saturated rings. The van der Waals surface area contributed by atoms with Gasteiger partial charge in [-0.15, -0.1) is 0 Å². The molecule has 6 heteroatoms. The van der Waals surface area contributed by atoms with Gasteiger partial charge in [0, 0.05) is 31.0 Å². The summed E-state index contributed by atoms with van der Waals surface area (Å²) in [5.41, 5.74) is 3.16. The third-order valence-corrected chi connectivity index (χ3v) is 4.81. The van der Waals surface area contributed by atoms with Crippen LogP contribution in [0, 0.1) is 6.92 Å². The van der Waals surface area contributed by atoms with Crippen LogP contribution >= 0.6 is 0 Å². The standard InChI is InChI=1S/C21H21N3O3/c1-14-4-3-5-15(10-14)12-24-13-17(11-19(24)25)20-22-21(27-23-20)16-6-8-18(26-2)9-7-16/h3-10,17H,11-13H2,1-2H3. The van der Waals surface area contributed by atoms with Gasteiger partial charge >= 0.3 is 0 Å². The van der Waals surface area contributed by atoms with Crippen LogP contribution in [-0.4, -0.2) is 34.6 Å². The number of carbonyl (C=O) groups is 1. The van der Waals surface area contributed by atoms with Crippen molar-refractivity contribution < 1.29 is 14.1 Å². The topological polar surface area (TPSA) is 68.5 Å². The Labute approximate surface area is 157 Å². The van der Waals surface area contributed by atoms with Crippen molar-refractivity contribution in [2.45, 2.75) is 25.8 Å². The number of amides is 1. The van der Waals surface area contributed by atoms with Crippen LogP contribution in [0.15, 0.2) is 53.1 Å². The van der Waals surface area contributed by atoms with Crippen LogP contribution in [0.3, 0.4) is 0 Å². The summed E-state index contributed by atoms with van der Waals surface area (Å²) in [5.74, 6) is 1.89. The molecule has 4 rings (SSSR count). The number of nitrogens with zero attached hydrogens (tertiary/aromatic N) is 3. The lowest BCUT2D eigenvalue weighted by atomic mass is 10.1. The number of methoxy groups -OCH3 is 1. The Morgan fingerprint density at radius 2 is 2.04 bits per heavy atom. The van der Waals surface area contributed by atoms with Crippen molar-refractivity contribution in [3.05, 3.63) is 65.5 Å². The number of carbonyl (C=O) groups excluding carboxylic acids is 1. The second-order valence-electron chi connectivity index (χ2n) is 6.85. The van der Waals surface area contributed by atoms with E-state index in [2.05, 4.69) is 29.2 Å². The molecule has 2 aromatic carbocycles. The van der Waals surface area contributed by atoms with Gasteiger partial charge in [-0.25, -0.2) is 0 Å². The van der Waals surface area contributed by atoms with Crippen LogP contribution in [0.4, 0.5) is 0 Å². The van der Waals surface area contributed by atoms with Gasteiger partial charge < -0.3 is 14.2 Å². The van der Waals surface area contributed by atoms with Crippen molar-refractivity contribution in [3.63, 3.8) is 0 Å². The molecule has 0 spiro atoms. The molecule has 0 bridgehead atoms. The van der Waals surface area contributed by atoms with E-state index in [1.807, 2.05) is 41.3 Å². The lowest BCUT2D eigenvalue weighted by Crippen LogP contribution is -2.24. The van der Waals surface area contributed by atoms with Crippen LogP contribution < -0.4 is 4.74 Å². The van der Waals surface area contributed by atoms with E-state index < -0.39 is 0 Å².